The fourth-order valence-corrected chi connectivity index (χ4v) is 6.01. The molecule has 1 aromatic heterocycles. The molecule has 6 nitrogen and oxygen atoms in total. The van der Waals surface area contributed by atoms with Crippen molar-refractivity contribution >= 4 is 28.9 Å². The van der Waals surface area contributed by atoms with Crippen molar-refractivity contribution in [3.05, 3.63) is 82.4 Å². The van der Waals surface area contributed by atoms with E-state index in [0.29, 0.717) is 24.3 Å². The number of Topliss-reactive ketones (excluding diaryl/α,β-unsaturated/α-hetero) is 1. The van der Waals surface area contributed by atoms with E-state index >= 15 is 0 Å². The number of aromatic nitrogens is 3. The van der Waals surface area contributed by atoms with Crippen LogP contribution in [-0.2, 0) is 9.59 Å². The van der Waals surface area contributed by atoms with Gasteiger partial charge in [0.1, 0.15) is 17.4 Å². The zero-order valence-corrected chi connectivity index (χ0v) is 19.7. The molecule has 0 N–H and O–H groups in total. The van der Waals surface area contributed by atoms with Crippen LogP contribution in [0, 0.1) is 6.92 Å². The van der Waals surface area contributed by atoms with Crippen LogP contribution in [0.5, 0.6) is 0 Å². The number of para-hydroxylation sites is 1. The predicted molar refractivity (Wildman–Crippen MR) is 130 cm³/mol. The highest BCUT2D eigenvalue weighted by atomic mass is 35.5. The maximum absolute atomic E-state index is 13.6. The first-order valence-corrected chi connectivity index (χ1v) is 12.2. The quantitative estimate of drug-likeness (QED) is 0.545. The molecule has 7 heteroatoms. The monoisotopic (exact) mass is 472 g/mol. The Balaban J connectivity index is 1.44. The summed E-state index contributed by atoms with van der Waals surface area (Å²) in [6, 6.07) is 16.1. The molecule has 3 aliphatic rings. The molecule has 3 unspecified atom stereocenters. The number of piperidine rings is 1. The molecule has 3 aliphatic heterocycles. The van der Waals surface area contributed by atoms with Crippen molar-refractivity contribution in [3.63, 3.8) is 0 Å². The number of nitrogens with zero attached hydrogens (tertiary/aromatic N) is 4. The van der Waals surface area contributed by atoms with Crippen LogP contribution >= 0.6 is 11.6 Å². The van der Waals surface area contributed by atoms with Gasteiger partial charge in [-0.3, -0.25) is 14.2 Å². The van der Waals surface area contributed by atoms with Gasteiger partial charge in [-0.2, -0.15) is 0 Å². The number of hydrogen-bond donors (Lipinski definition) is 0. The molecule has 2 bridgehead atoms. The van der Waals surface area contributed by atoms with Gasteiger partial charge in [-0.15, -0.1) is 10.2 Å². The molecule has 6 rings (SSSR count). The molecule has 0 saturated carbocycles. The summed E-state index contributed by atoms with van der Waals surface area (Å²) in [7, 11) is 0. The van der Waals surface area contributed by atoms with Crippen LogP contribution in [0.4, 0.5) is 0 Å². The molecule has 0 aliphatic carbocycles. The van der Waals surface area contributed by atoms with Crippen molar-refractivity contribution < 1.29 is 9.59 Å². The predicted octanol–water partition coefficient (Wildman–Crippen LogP) is 4.87. The van der Waals surface area contributed by atoms with Gasteiger partial charge in [-0.1, -0.05) is 48.0 Å². The van der Waals surface area contributed by atoms with Gasteiger partial charge in [0.25, 0.3) is 0 Å². The van der Waals surface area contributed by atoms with Gasteiger partial charge in [0.05, 0.1) is 5.69 Å². The Labute approximate surface area is 203 Å². The number of allylic oxidation sites excluding steroid dienone is 1. The molecule has 0 spiro atoms. The third-order valence-electron chi connectivity index (χ3n) is 7.37. The minimum atomic E-state index is -0.246. The number of amides is 1. The van der Waals surface area contributed by atoms with Crippen molar-refractivity contribution in [3.8, 4) is 5.69 Å². The summed E-state index contributed by atoms with van der Waals surface area (Å²) in [6.07, 6.45) is 5.26. The molecular formula is C27H25ClN4O2. The third kappa shape index (κ3) is 3.48. The van der Waals surface area contributed by atoms with Crippen LogP contribution in [0.25, 0.3) is 11.3 Å². The van der Waals surface area contributed by atoms with E-state index in [1.54, 1.807) is 0 Å². The van der Waals surface area contributed by atoms with Crippen molar-refractivity contribution in [1.29, 1.82) is 0 Å². The molecule has 172 valence electrons. The fraction of sp³-hybridized carbons (Fsp3) is 0.333. The van der Waals surface area contributed by atoms with E-state index in [0.717, 1.165) is 46.9 Å². The van der Waals surface area contributed by atoms with Gasteiger partial charge in [0.2, 0.25) is 5.91 Å². The number of carbonyl (C=O) groups excluding carboxylic acids is 2. The Morgan fingerprint density at radius 1 is 1.03 bits per heavy atom. The maximum Gasteiger partial charge on any atom is 0.224 e. The largest absolute Gasteiger partial charge is 0.336 e. The zero-order valence-electron chi connectivity index (χ0n) is 18.9. The van der Waals surface area contributed by atoms with Crippen molar-refractivity contribution in [2.45, 2.75) is 57.0 Å². The summed E-state index contributed by atoms with van der Waals surface area (Å²) >= 11 is 6.17. The smallest absolute Gasteiger partial charge is 0.224 e. The van der Waals surface area contributed by atoms with Crippen LogP contribution in [0.2, 0.25) is 5.02 Å². The van der Waals surface area contributed by atoms with Gasteiger partial charge >= 0.3 is 0 Å². The first-order valence-electron chi connectivity index (χ1n) is 11.8. The van der Waals surface area contributed by atoms with E-state index in [-0.39, 0.29) is 29.7 Å². The summed E-state index contributed by atoms with van der Waals surface area (Å²) in [4.78, 5) is 27.7. The molecule has 2 aromatic carbocycles. The summed E-state index contributed by atoms with van der Waals surface area (Å²) in [5, 5.41) is 9.57. The van der Waals surface area contributed by atoms with Gasteiger partial charge in [0, 0.05) is 47.9 Å². The maximum atomic E-state index is 13.6. The highest BCUT2D eigenvalue weighted by molar-refractivity contribution is 6.30. The number of benzene rings is 2. The molecule has 1 amide bonds. The van der Waals surface area contributed by atoms with Crippen molar-refractivity contribution in [2.24, 2.45) is 0 Å². The van der Waals surface area contributed by atoms with E-state index in [9.17, 15) is 9.59 Å². The minimum Gasteiger partial charge on any atom is -0.336 e. The lowest BCUT2D eigenvalue weighted by Crippen LogP contribution is -2.47. The van der Waals surface area contributed by atoms with Crippen LogP contribution < -0.4 is 0 Å². The number of halogens is 1. The van der Waals surface area contributed by atoms with Crippen molar-refractivity contribution in [1.82, 2.24) is 19.7 Å². The number of hydrogen-bond acceptors (Lipinski definition) is 4. The molecule has 3 aromatic rings. The lowest BCUT2D eigenvalue weighted by atomic mass is 9.92. The first kappa shape index (κ1) is 21.3. The molecule has 4 heterocycles. The Morgan fingerprint density at radius 3 is 2.47 bits per heavy atom. The van der Waals surface area contributed by atoms with Gasteiger partial charge in [-0.25, -0.2) is 0 Å². The summed E-state index contributed by atoms with van der Waals surface area (Å²) in [6.45, 7) is 1.94. The lowest BCUT2D eigenvalue weighted by Gasteiger charge is -2.34. The molecular weight excluding hydrogens is 448 g/mol. The van der Waals surface area contributed by atoms with E-state index in [4.69, 9.17) is 11.6 Å². The standard InChI is InChI=1S/C27H25ClN4O2/c1-16-29-30-27-18(13-26(34)32-20-10-11-21(32)15-22(33)14-20)12-24(17-6-8-19(28)9-7-17)23-4-2-3-5-25(23)31(16)27/h2-9,12,18,20-21H,10-11,13-15H2,1H3. The average Bonchev–Trinajstić information content (AvgIpc) is 3.29. The molecule has 2 saturated heterocycles. The topological polar surface area (TPSA) is 68.1 Å². The first-order chi connectivity index (χ1) is 16.5. The van der Waals surface area contributed by atoms with E-state index < -0.39 is 0 Å². The Hall–Kier alpha value is -3.25. The summed E-state index contributed by atoms with van der Waals surface area (Å²) in [5.74, 6) is 1.68. The van der Waals surface area contributed by atoms with E-state index in [1.807, 2.05) is 48.2 Å². The lowest BCUT2D eigenvalue weighted by molar-refractivity contribution is -0.138. The van der Waals surface area contributed by atoms with E-state index in [1.165, 1.54) is 0 Å². The van der Waals surface area contributed by atoms with E-state index in [2.05, 4.69) is 33.0 Å². The third-order valence-corrected chi connectivity index (χ3v) is 7.62. The zero-order chi connectivity index (χ0) is 23.4. The SMILES string of the molecule is Cc1nnc2n1-c1ccccc1C(c1ccc(Cl)cc1)=CC2CC(=O)N1C2CCC1CC(=O)C2. The van der Waals surface area contributed by atoms with Crippen LogP contribution in [0.1, 0.15) is 60.8 Å². The summed E-state index contributed by atoms with van der Waals surface area (Å²) in [5.41, 5.74) is 4.15. The minimum absolute atomic E-state index is 0.0426. The number of ketones is 1. The molecule has 3 atom stereocenters. The fourth-order valence-electron chi connectivity index (χ4n) is 5.88. The van der Waals surface area contributed by atoms with Gasteiger partial charge in [0.15, 0.2) is 0 Å². The Morgan fingerprint density at radius 2 is 1.74 bits per heavy atom. The van der Waals surface area contributed by atoms with Gasteiger partial charge in [-0.05, 0) is 49.1 Å². The van der Waals surface area contributed by atoms with Gasteiger partial charge < -0.3 is 4.90 Å². The average molecular weight is 473 g/mol. The Bertz CT molecular complexity index is 1310. The molecule has 34 heavy (non-hydrogen) atoms. The molecule has 0 radical (unpaired) electrons. The second kappa shape index (κ2) is 8.20. The second-order valence-corrected chi connectivity index (χ2v) is 9.93. The normalized spacial score (nSPS) is 23.2. The van der Waals surface area contributed by atoms with Crippen LogP contribution in [0.15, 0.2) is 54.6 Å². The van der Waals surface area contributed by atoms with Crippen LogP contribution in [-0.4, -0.2) is 43.4 Å². The number of carbonyl (C=O) groups is 2. The highest BCUT2D eigenvalue weighted by Gasteiger charge is 2.43. The number of rotatable bonds is 3. The summed E-state index contributed by atoms with van der Waals surface area (Å²) < 4.78 is 2.07. The number of aryl methyl sites for hydroxylation is 1. The highest BCUT2D eigenvalue weighted by Crippen LogP contribution is 2.40. The Kier molecular flexibility index (Phi) is 5.14. The number of fused-ring (bicyclic) bond motifs is 5. The van der Waals surface area contributed by atoms with Crippen molar-refractivity contribution in [2.75, 3.05) is 0 Å². The second-order valence-electron chi connectivity index (χ2n) is 9.49. The molecule has 2 fully saturated rings. The van der Waals surface area contributed by atoms with Crippen LogP contribution in [0.3, 0.4) is 0 Å².